The Kier molecular flexibility index (Phi) is 3.42. The van der Waals surface area contributed by atoms with Crippen molar-refractivity contribution in [1.29, 1.82) is 0 Å². The van der Waals surface area contributed by atoms with E-state index in [2.05, 4.69) is 15.1 Å². The zero-order chi connectivity index (χ0) is 13.0. The first-order valence-electron chi connectivity index (χ1n) is 5.25. The minimum atomic E-state index is -0.667. The first-order chi connectivity index (χ1) is 8.66. The van der Waals surface area contributed by atoms with Crippen molar-refractivity contribution in [3.05, 3.63) is 46.5 Å². The fraction of sp³-hybridized carbons (Fsp3) is 0.182. The molecule has 0 radical (unpaired) electrons. The summed E-state index contributed by atoms with van der Waals surface area (Å²) in [5.41, 5.74) is 1.09. The third-order valence-electron chi connectivity index (χ3n) is 2.31. The van der Waals surface area contributed by atoms with Crippen LogP contribution >= 0.6 is 0 Å². The van der Waals surface area contributed by atoms with Crippen LogP contribution in [0.2, 0.25) is 0 Å². The van der Waals surface area contributed by atoms with Gasteiger partial charge in [-0.15, -0.1) is 0 Å². The van der Waals surface area contributed by atoms with Gasteiger partial charge in [-0.1, -0.05) is 40.1 Å². The van der Waals surface area contributed by atoms with Crippen molar-refractivity contribution in [2.75, 3.05) is 5.32 Å². The number of nitrogens with zero attached hydrogens (tertiary/aromatic N) is 1. The topological polar surface area (TPSA) is 90.2 Å². The van der Waals surface area contributed by atoms with E-state index in [4.69, 9.17) is 4.74 Å². The maximum atomic E-state index is 11.4. The predicted molar refractivity (Wildman–Crippen MR) is 61.4 cm³/mol. The molecule has 1 aromatic carbocycles. The summed E-state index contributed by atoms with van der Waals surface area (Å²) in [6.07, 6.45) is -0.667. The van der Waals surface area contributed by atoms with Crippen LogP contribution in [0.1, 0.15) is 11.3 Å². The number of aromatic amines is 1. The summed E-state index contributed by atoms with van der Waals surface area (Å²) in [6.45, 7) is 1.65. The average Bonchev–Trinajstić information content (AvgIpc) is 2.70. The standard InChI is InChI=1S/C11H11N3O4/c1-8-10(13-18-14(8)16)12-11(15)17-7-9-5-3-2-4-6-9/h2-6H,7H2,1H3,(H-,12,13,15,16)/p+1. The molecule has 2 N–H and O–H groups in total. The lowest BCUT2D eigenvalue weighted by Crippen LogP contribution is -2.17. The number of anilines is 1. The summed E-state index contributed by atoms with van der Waals surface area (Å²) < 4.78 is 9.65. The van der Waals surface area contributed by atoms with E-state index in [0.29, 0.717) is 0 Å². The fourth-order valence-corrected chi connectivity index (χ4v) is 1.30. The Morgan fingerprint density at radius 3 is 2.78 bits per heavy atom. The third-order valence-corrected chi connectivity index (χ3v) is 2.31. The number of carbonyl (C=O) groups excluding carboxylic acids is 1. The summed E-state index contributed by atoms with van der Waals surface area (Å²) in [4.78, 5) is 22.4. The highest BCUT2D eigenvalue weighted by molar-refractivity contribution is 5.83. The highest BCUT2D eigenvalue weighted by Crippen LogP contribution is 2.06. The molecule has 0 fully saturated rings. The Balaban J connectivity index is 1.90. The van der Waals surface area contributed by atoms with Gasteiger partial charge in [0.1, 0.15) is 6.61 Å². The number of amides is 1. The van der Waals surface area contributed by atoms with Crippen molar-refractivity contribution in [1.82, 2.24) is 5.16 Å². The lowest BCUT2D eigenvalue weighted by atomic mass is 10.2. The van der Waals surface area contributed by atoms with Gasteiger partial charge in [-0.05, 0) is 10.5 Å². The molecule has 1 heterocycles. The van der Waals surface area contributed by atoms with E-state index in [0.717, 1.165) is 5.56 Å². The molecule has 2 aromatic rings. The van der Waals surface area contributed by atoms with Gasteiger partial charge in [0.15, 0.2) is 4.60 Å². The lowest BCUT2D eigenvalue weighted by molar-refractivity contribution is -0.718. The van der Waals surface area contributed by atoms with E-state index in [1.807, 2.05) is 30.3 Å². The van der Waals surface area contributed by atoms with Gasteiger partial charge in [0.05, 0.1) is 0 Å². The van der Waals surface area contributed by atoms with Crippen molar-refractivity contribution < 1.29 is 18.8 Å². The van der Waals surface area contributed by atoms with Crippen molar-refractivity contribution in [2.24, 2.45) is 0 Å². The van der Waals surface area contributed by atoms with Crippen LogP contribution in [0.3, 0.4) is 0 Å². The molecule has 0 aliphatic heterocycles. The highest BCUT2D eigenvalue weighted by Gasteiger charge is 2.17. The van der Waals surface area contributed by atoms with Crippen molar-refractivity contribution in [3.63, 3.8) is 0 Å². The number of H-pyrrole nitrogens is 1. The van der Waals surface area contributed by atoms with Crippen LogP contribution in [0.25, 0.3) is 0 Å². The van der Waals surface area contributed by atoms with E-state index < -0.39 is 6.09 Å². The maximum Gasteiger partial charge on any atom is 0.414 e. The molecule has 94 valence electrons. The summed E-state index contributed by atoms with van der Waals surface area (Å²) in [6, 6.07) is 9.26. The van der Waals surface area contributed by atoms with Crippen LogP contribution in [0.4, 0.5) is 10.6 Å². The van der Waals surface area contributed by atoms with Gasteiger partial charge in [0.2, 0.25) is 0 Å². The van der Waals surface area contributed by atoms with Gasteiger partial charge >= 0.3 is 6.09 Å². The molecular weight excluding hydrogens is 238 g/mol. The van der Waals surface area contributed by atoms with E-state index in [1.54, 1.807) is 0 Å². The third kappa shape index (κ3) is 2.76. The van der Waals surface area contributed by atoms with Crippen LogP contribution < -0.4 is 9.92 Å². The minimum Gasteiger partial charge on any atom is -0.444 e. The zero-order valence-electron chi connectivity index (χ0n) is 9.67. The average molecular weight is 250 g/mol. The molecule has 0 spiro atoms. The van der Waals surface area contributed by atoms with E-state index in [1.165, 1.54) is 6.92 Å². The Hall–Kier alpha value is -2.57. The van der Waals surface area contributed by atoms with Gasteiger partial charge < -0.3 is 4.74 Å². The number of aromatic nitrogens is 2. The second-order valence-corrected chi connectivity index (χ2v) is 3.60. The molecule has 18 heavy (non-hydrogen) atoms. The SMILES string of the molecule is Cc1c(NC(=O)OCc2ccccc2)[nH]o[n+]1=O. The number of rotatable bonds is 3. The minimum absolute atomic E-state index is 0.154. The van der Waals surface area contributed by atoms with Crippen LogP contribution in [0.15, 0.2) is 35.0 Å². The number of ether oxygens (including phenoxy) is 1. The normalized spacial score (nSPS) is 10.1. The van der Waals surface area contributed by atoms with E-state index >= 15 is 0 Å². The Labute approximate surface area is 102 Å². The van der Waals surface area contributed by atoms with Gasteiger partial charge in [-0.25, -0.2) is 4.79 Å². The first-order valence-corrected chi connectivity index (χ1v) is 5.25. The smallest absolute Gasteiger partial charge is 0.414 e. The summed E-state index contributed by atoms with van der Waals surface area (Å²) >= 11 is 0. The van der Waals surface area contributed by atoms with Gasteiger partial charge in [0, 0.05) is 6.92 Å². The predicted octanol–water partition coefficient (Wildman–Crippen LogP) is 1.58. The molecule has 7 heteroatoms. The monoisotopic (exact) mass is 250 g/mol. The largest absolute Gasteiger partial charge is 0.444 e. The molecule has 0 bridgehead atoms. The molecule has 0 aliphatic carbocycles. The molecule has 1 amide bonds. The molecule has 7 nitrogen and oxygen atoms in total. The number of carbonyl (C=O) groups is 1. The van der Waals surface area contributed by atoms with Crippen LogP contribution in [0, 0.1) is 11.8 Å². The first kappa shape index (κ1) is 11.9. The van der Waals surface area contributed by atoms with E-state index in [-0.39, 0.29) is 22.7 Å². The van der Waals surface area contributed by atoms with Crippen LogP contribution in [-0.2, 0) is 11.3 Å². The number of benzene rings is 1. The van der Waals surface area contributed by atoms with Gasteiger partial charge in [-0.3, -0.25) is 5.32 Å². The number of hydrogen-bond donors (Lipinski definition) is 2. The molecule has 2 rings (SSSR count). The second-order valence-electron chi connectivity index (χ2n) is 3.60. The summed E-state index contributed by atoms with van der Waals surface area (Å²) in [5.74, 6) is 0.170. The summed E-state index contributed by atoms with van der Waals surface area (Å²) in [5, 5.41) is 4.64. The number of hydrogen-bond acceptors (Lipinski definition) is 4. The summed E-state index contributed by atoms with van der Waals surface area (Å²) in [7, 11) is 0. The lowest BCUT2D eigenvalue weighted by Gasteiger charge is -2.03. The van der Waals surface area contributed by atoms with Gasteiger partial charge in [-0.2, -0.15) is 0 Å². The molecular formula is C11H12N3O4+. The van der Waals surface area contributed by atoms with Crippen LogP contribution in [0.5, 0.6) is 0 Å². The molecule has 0 aliphatic rings. The zero-order valence-corrected chi connectivity index (χ0v) is 9.67. The molecule has 1 aromatic heterocycles. The van der Waals surface area contributed by atoms with E-state index in [9.17, 15) is 9.70 Å². The van der Waals surface area contributed by atoms with Gasteiger partial charge in [0.25, 0.3) is 11.5 Å². The number of nitrogens with one attached hydrogen (secondary N) is 2. The highest BCUT2D eigenvalue weighted by atomic mass is 16.7. The second kappa shape index (κ2) is 5.17. The fourth-order valence-electron chi connectivity index (χ4n) is 1.30. The Morgan fingerprint density at radius 2 is 2.17 bits per heavy atom. The maximum absolute atomic E-state index is 11.4. The van der Waals surface area contributed by atoms with Crippen LogP contribution in [-0.4, -0.2) is 11.2 Å². The van der Waals surface area contributed by atoms with Crippen molar-refractivity contribution >= 4 is 11.9 Å². The molecule has 0 unspecified atom stereocenters. The van der Waals surface area contributed by atoms with Crippen molar-refractivity contribution in [2.45, 2.75) is 13.5 Å². The molecule has 0 saturated heterocycles. The Bertz CT molecular complexity index is 588. The quantitative estimate of drug-likeness (QED) is 0.865. The molecule has 0 atom stereocenters. The van der Waals surface area contributed by atoms with Crippen molar-refractivity contribution in [3.8, 4) is 0 Å². The molecule has 0 saturated carbocycles. The Morgan fingerprint density at radius 1 is 1.44 bits per heavy atom.